The highest BCUT2D eigenvalue weighted by Gasteiger charge is 2.22. The van der Waals surface area contributed by atoms with E-state index in [0.29, 0.717) is 16.9 Å². The standard InChI is InChI=1S/C18H12N2O5S/c1-10(15-19-20-16(25-15)14-7-4-8-26-14)23-17(21)12-9-11-5-2-3-6-13(11)24-18(12)22/h2-10H,1H3/t10-/m0/s1. The highest BCUT2D eigenvalue weighted by Crippen LogP contribution is 2.26. The third-order valence-electron chi connectivity index (χ3n) is 3.67. The van der Waals surface area contributed by atoms with Crippen molar-refractivity contribution < 1.29 is 18.4 Å². The van der Waals surface area contributed by atoms with Crippen molar-refractivity contribution in [2.24, 2.45) is 0 Å². The number of carbonyl (C=O) groups is 1. The average molecular weight is 368 g/mol. The number of aromatic nitrogens is 2. The van der Waals surface area contributed by atoms with E-state index in [2.05, 4.69) is 10.2 Å². The van der Waals surface area contributed by atoms with Crippen LogP contribution < -0.4 is 5.63 Å². The summed E-state index contributed by atoms with van der Waals surface area (Å²) in [7, 11) is 0. The maximum absolute atomic E-state index is 12.4. The van der Waals surface area contributed by atoms with Crippen molar-refractivity contribution >= 4 is 28.3 Å². The normalized spacial score (nSPS) is 12.2. The van der Waals surface area contributed by atoms with E-state index in [9.17, 15) is 9.59 Å². The van der Waals surface area contributed by atoms with Gasteiger partial charge in [0.1, 0.15) is 11.1 Å². The SMILES string of the molecule is C[C@H](OC(=O)c1cc2ccccc2oc1=O)c1nnc(-c2cccs2)o1. The Bertz CT molecular complexity index is 1130. The molecule has 26 heavy (non-hydrogen) atoms. The lowest BCUT2D eigenvalue weighted by Gasteiger charge is -2.09. The van der Waals surface area contributed by atoms with Gasteiger partial charge in [-0.2, -0.15) is 0 Å². The zero-order chi connectivity index (χ0) is 18.1. The number of esters is 1. The van der Waals surface area contributed by atoms with Gasteiger partial charge in [-0.05, 0) is 30.5 Å². The molecule has 4 aromatic rings. The predicted octanol–water partition coefficient (Wildman–Crippen LogP) is 3.82. The third-order valence-corrected chi connectivity index (χ3v) is 4.52. The molecular weight excluding hydrogens is 356 g/mol. The van der Waals surface area contributed by atoms with Gasteiger partial charge in [-0.3, -0.25) is 0 Å². The van der Waals surface area contributed by atoms with Crippen LogP contribution in [-0.4, -0.2) is 16.2 Å². The number of para-hydroxylation sites is 1. The first kappa shape index (κ1) is 16.2. The van der Waals surface area contributed by atoms with Gasteiger partial charge in [0.05, 0.1) is 4.88 Å². The molecule has 0 saturated heterocycles. The number of benzene rings is 1. The highest BCUT2D eigenvalue weighted by molar-refractivity contribution is 7.13. The number of hydrogen-bond donors (Lipinski definition) is 0. The van der Waals surface area contributed by atoms with E-state index in [4.69, 9.17) is 13.6 Å². The topological polar surface area (TPSA) is 95.4 Å². The predicted molar refractivity (Wildman–Crippen MR) is 93.9 cm³/mol. The number of nitrogens with zero attached hydrogens (tertiary/aromatic N) is 2. The molecule has 1 atom stereocenters. The molecule has 3 aromatic heterocycles. The number of hydrogen-bond acceptors (Lipinski definition) is 8. The molecule has 1 aromatic carbocycles. The largest absolute Gasteiger partial charge is 0.449 e. The number of thiophene rings is 1. The second-order valence-corrected chi connectivity index (χ2v) is 6.40. The summed E-state index contributed by atoms with van der Waals surface area (Å²) < 4.78 is 16.0. The van der Waals surface area contributed by atoms with Crippen LogP contribution in [0.15, 0.2) is 61.5 Å². The van der Waals surface area contributed by atoms with E-state index in [-0.39, 0.29) is 11.5 Å². The minimum atomic E-state index is -0.812. The van der Waals surface area contributed by atoms with Gasteiger partial charge >= 0.3 is 11.6 Å². The minimum Gasteiger partial charge on any atom is -0.449 e. The molecule has 7 nitrogen and oxygen atoms in total. The Hall–Kier alpha value is -3.26. The van der Waals surface area contributed by atoms with Crippen molar-refractivity contribution in [1.82, 2.24) is 10.2 Å². The summed E-state index contributed by atoms with van der Waals surface area (Å²) in [5.74, 6) is -0.317. The van der Waals surface area contributed by atoms with Crippen molar-refractivity contribution in [3.05, 3.63) is 69.7 Å². The van der Waals surface area contributed by atoms with Crippen LogP contribution >= 0.6 is 11.3 Å². The van der Waals surface area contributed by atoms with Gasteiger partial charge in [-0.15, -0.1) is 21.5 Å². The first-order chi connectivity index (χ1) is 12.6. The summed E-state index contributed by atoms with van der Waals surface area (Å²) in [4.78, 5) is 25.2. The molecule has 0 unspecified atom stereocenters. The van der Waals surface area contributed by atoms with E-state index in [1.807, 2.05) is 17.5 Å². The molecule has 0 aliphatic heterocycles. The van der Waals surface area contributed by atoms with Gasteiger partial charge in [0, 0.05) is 5.39 Å². The molecule has 0 N–H and O–H groups in total. The molecule has 130 valence electrons. The van der Waals surface area contributed by atoms with Crippen molar-refractivity contribution in [2.45, 2.75) is 13.0 Å². The minimum absolute atomic E-state index is 0.145. The van der Waals surface area contributed by atoms with Crippen molar-refractivity contribution in [1.29, 1.82) is 0 Å². The summed E-state index contributed by atoms with van der Waals surface area (Å²) in [6.07, 6.45) is -0.811. The fraction of sp³-hybridized carbons (Fsp3) is 0.111. The molecule has 0 aliphatic rings. The molecule has 0 amide bonds. The van der Waals surface area contributed by atoms with Gasteiger partial charge in [-0.25, -0.2) is 9.59 Å². The second-order valence-electron chi connectivity index (χ2n) is 5.46. The van der Waals surface area contributed by atoms with Gasteiger partial charge in [0.2, 0.25) is 0 Å². The van der Waals surface area contributed by atoms with Crippen LogP contribution in [0.1, 0.15) is 29.3 Å². The Morgan fingerprint density at radius 2 is 2.00 bits per heavy atom. The molecule has 0 spiro atoms. The fourth-order valence-corrected chi connectivity index (χ4v) is 3.02. The van der Waals surface area contributed by atoms with Crippen LogP contribution in [0.5, 0.6) is 0 Å². The Morgan fingerprint density at radius 3 is 2.81 bits per heavy atom. The molecule has 0 aliphatic carbocycles. The maximum atomic E-state index is 12.4. The van der Waals surface area contributed by atoms with Crippen molar-refractivity contribution in [3.8, 4) is 10.8 Å². The van der Waals surface area contributed by atoms with E-state index in [1.165, 1.54) is 17.4 Å². The molecule has 0 radical (unpaired) electrons. The zero-order valence-corrected chi connectivity index (χ0v) is 14.4. The molecule has 3 heterocycles. The van der Waals surface area contributed by atoms with Crippen molar-refractivity contribution in [2.75, 3.05) is 0 Å². The van der Waals surface area contributed by atoms with Gasteiger partial charge in [-0.1, -0.05) is 24.3 Å². The van der Waals surface area contributed by atoms with Crippen LogP contribution in [0.3, 0.4) is 0 Å². The number of ether oxygens (including phenoxy) is 1. The van der Waals surface area contributed by atoms with Crippen LogP contribution in [0.4, 0.5) is 0 Å². The molecule has 0 fully saturated rings. The summed E-state index contributed by atoms with van der Waals surface area (Å²) in [6.45, 7) is 1.59. The van der Waals surface area contributed by atoms with Gasteiger partial charge < -0.3 is 13.6 Å². The molecule has 4 rings (SSSR count). The lowest BCUT2D eigenvalue weighted by atomic mass is 10.2. The van der Waals surface area contributed by atoms with E-state index in [1.54, 1.807) is 31.2 Å². The third kappa shape index (κ3) is 3.02. The number of fused-ring (bicyclic) bond motifs is 1. The molecular formula is C18H12N2O5S. The lowest BCUT2D eigenvalue weighted by Crippen LogP contribution is -2.18. The van der Waals surface area contributed by atoms with Gasteiger partial charge in [0.25, 0.3) is 11.8 Å². The quantitative estimate of drug-likeness (QED) is 0.399. The van der Waals surface area contributed by atoms with E-state index >= 15 is 0 Å². The monoisotopic (exact) mass is 368 g/mol. The average Bonchev–Trinajstić information content (AvgIpc) is 3.32. The maximum Gasteiger partial charge on any atom is 0.351 e. The Morgan fingerprint density at radius 1 is 1.15 bits per heavy atom. The Balaban J connectivity index is 1.56. The van der Waals surface area contributed by atoms with E-state index in [0.717, 1.165) is 4.88 Å². The molecule has 0 bridgehead atoms. The van der Waals surface area contributed by atoms with Crippen LogP contribution in [0.2, 0.25) is 0 Å². The first-order valence-electron chi connectivity index (χ1n) is 7.73. The number of carbonyl (C=O) groups excluding carboxylic acids is 1. The first-order valence-corrected chi connectivity index (χ1v) is 8.61. The Kier molecular flexibility index (Phi) is 4.10. The lowest BCUT2D eigenvalue weighted by molar-refractivity contribution is 0.0275. The van der Waals surface area contributed by atoms with Crippen LogP contribution in [0, 0.1) is 0 Å². The molecule has 0 saturated carbocycles. The highest BCUT2D eigenvalue weighted by atomic mass is 32.1. The summed E-state index contributed by atoms with van der Waals surface area (Å²) in [5.41, 5.74) is -0.543. The molecule has 8 heteroatoms. The van der Waals surface area contributed by atoms with Crippen LogP contribution in [0.25, 0.3) is 21.7 Å². The van der Waals surface area contributed by atoms with E-state index < -0.39 is 17.7 Å². The van der Waals surface area contributed by atoms with Crippen molar-refractivity contribution in [3.63, 3.8) is 0 Å². The fourth-order valence-electron chi connectivity index (χ4n) is 2.38. The summed E-state index contributed by atoms with van der Waals surface area (Å²) >= 11 is 1.46. The zero-order valence-electron chi connectivity index (χ0n) is 13.5. The number of rotatable bonds is 4. The summed E-state index contributed by atoms with van der Waals surface area (Å²) in [6, 6.07) is 12.1. The van der Waals surface area contributed by atoms with Gasteiger partial charge in [0.15, 0.2) is 6.10 Å². The summed E-state index contributed by atoms with van der Waals surface area (Å²) in [5, 5.41) is 10.4. The van der Waals surface area contributed by atoms with Crippen LogP contribution in [-0.2, 0) is 4.74 Å². The second kappa shape index (κ2) is 6.57. The smallest absolute Gasteiger partial charge is 0.351 e. The Labute approximate surface area is 150 Å².